The summed E-state index contributed by atoms with van der Waals surface area (Å²) in [7, 11) is 0. The SMILES string of the molecule is CCCCCC/C(=N\OC(=O)CC)c1ccc(-c2ccc([N+](=O)[O-])cc2)cc1. The molecule has 148 valence electrons. The number of rotatable bonds is 10. The average molecular weight is 382 g/mol. The van der Waals surface area contributed by atoms with Gasteiger partial charge in [-0.3, -0.25) is 10.1 Å². The molecule has 2 aromatic carbocycles. The van der Waals surface area contributed by atoms with Crippen molar-refractivity contribution in [3.63, 3.8) is 0 Å². The van der Waals surface area contributed by atoms with Gasteiger partial charge in [0.2, 0.25) is 0 Å². The molecule has 0 heterocycles. The third-order valence-electron chi connectivity index (χ3n) is 4.44. The van der Waals surface area contributed by atoms with E-state index in [2.05, 4.69) is 12.1 Å². The first kappa shape index (κ1) is 21.3. The third kappa shape index (κ3) is 6.30. The number of oxime groups is 1. The molecule has 0 atom stereocenters. The molecular formula is C22H26N2O4. The molecule has 0 saturated heterocycles. The number of carbonyl (C=O) groups excluding carboxylic acids is 1. The van der Waals surface area contributed by atoms with Crippen molar-refractivity contribution < 1.29 is 14.6 Å². The van der Waals surface area contributed by atoms with Crippen molar-refractivity contribution in [1.82, 2.24) is 0 Å². The summed E-state index contributed by atoms with van der Waals surface area (Å²) in [5.74, 6) is -0.353. The van der Waals surface area contributed by atoms with Gasteiger partial charge in [0.1, 0.15) is 0 Å². The standard InChI is InChI=1S/C22H26N2O4/c1-3-5-6-7-8-21(23-28-22(25)4-2)19-11-9-17(10-12-19)18-13-15-20(16-14-18)24(26)27/h9-16H,3-8H2,1-2H3/b23-21+. The number of hydrogen-bond donors (Lipinski definition) is 0. The highest BCUT2D eigenvalue weighted by Gasteiger charge is 2.09. The largest absolute Gasteiger partial charge is 0.334 e. The summed E-state index contributed by atoms with van der Waals surface area (Å²) >= 11 is 0. The summed E-state index contributed by atoms with van der Waals surface area (Å²) in [6, 6.07) is 14.2. The van der Waals surface area contributed by atoms with Gasteiger partial charge in [0.15, 0.2) is 0 Å². The summed E-state index contributed by atoms with van der Waals surface area (Å²) in [4.78, 5) is 26.8. The maximum Gasteiger partial charge on any atom is 0.334 e. The highest BCUT2D eigenvalue weighted by atomic mass is 16.7. The van der Waals surface area contributed by atoms with Crippen LogP contribution >= 0.6 is 0 Å². The molecule has 2 aromatic rings. The molecule has 0 aliphatic rings. The molecule has 6 heteroatoms. The van der Waals surface area contributed by atoms with Crippen molar-refractivity contribution >= 4 is 17.4 Å². The number of nitro groups is 1. The van der Waals surface area contributed by atoms with Crippen molar-refractivity contribution in [3.05, 3.63) is 64.2 Å². The molecule has 0 fully saturated rings. The van der Waals surface area contributed by atoms with Crippen LogP contribution in [-0.4, -0.2) is 16.6 Å². The van der Waals surface area contributed by atoms with Crippen LogP contribution in [0.1, 0.15) is 57.9 Å². The zero-order valence-corrected chi connectivity index (χ0v) is 16.4. The van der Waals surface area contributed by atoms with Gasteiger partial charge >= 0.3 is 5.97 Å². The summed E-state index contributed by atoms with van der Waals surface area (Å²) < 4.78 is 0. The molecule has 0 N–H and O–H groups in total. The van der Waals surface area contributed by atoms with Crippen molar-refractivity contribution in [1.29, 1.82) is 0 Å². The van der Waals surface area contributed by atoms with Crippen molar-refractivity contribution in [2.45, 2.75) is 52.4 Å². The summed E-state index contributed by atoms with van der Waals surface area (Å²) in [5, 5.41) is 14.9. The predicted octanol–water partition coefficient (Wildman–Crippen LogP) is 5.89. The maximum absolute atomic E-state index is 11.5. The molecule has 0 unspecified atom stereocenters. The molecule has 0 amide bonds. The van der Waals surface area contributed by atoms with Gasteiger partial charge in [0.25, 0.3) is 5.69 Å². The smallest absolute Gasteiger partial charge is 0.318 e. The quantitative estimate of drug-likeness (QED) is 0.169. The Morgan fingerprint density at radius 2 is 1.57 bits per heavy atom. The van der Waals surface area contributed by atoms with Crippen LogP contribution in [0.5, 0.6) is 0 Å². The number of unbranched alkanes of at least 4 members (excludes halogenated alkanes) is 3. The first-order chi connectivity index (χ1) is 13.5. The minimum atomic E-state index is -0.411. The summed E-state index contributed by atoms with van der Waals surface area (Å²) in [6.45, 7) is 3.90. The molecule has 0 radical (unpaired) electrons. The van der Waals surface area contributed by atoms with Gasteiger partial charge in [-0.2, -0.15) is 0 Å². The zero-order valence-electron chi connectivity index (χ0n) is 16.4. The van der Waals surface area contributed by atoms with Crippen molar-refractivity contribution in [2.75, 3.05) is 0 Å². The van der Waals surface area contributed by atoms with Crippen LogP contribution in [0, 0.1) is 10.1 Å². The first-order valence-electron chi connectivity index (χ1n) is 9.67. The molecule has 0 aliphatic carbocycles. The number of nitro benzene ring substituents is 1. The van der Waals surface area contributed by atoms with E-state index in [0.29, 0.717) is 0 Å². The van der Waals surface area contributed by atoms with Crippen LogP contribution in [0.15, 0.2) is 53.7 Å². The fraction of sp³-hybridized carbons (Fsp3) is 0.364. The van der Waals surface area contributed by atoms with Gasteiger partial charge in [-0.1, -0.05) is 62.5 Å². The Morgan fingerprint density at radius 1 is 0.964 bits per heavy atom. The minimum Gasteiger partial charge on any atom is -0.318 e. The first-order valence-corrected chi connectivity index (χ1v) is 9.67. The Labute approximate surface area is 165 Å². The molecular weight excluding hydrogens is 356 g/mol. The Kier molecular flexibility index (Phi) is 8.34. The maximum atomic E-state index is 11.5. The van der Waals surface area contributed by atoms with Gasteiger partial charge in [-0.25, -0.2) is 4.79 Å². The second-order valence-electron chi connectivity index (χ2n) is 6.55. The number of hydrogen-bond acceptors (Lipinski definition) is 5. The lowest BCUT2D eigenvalue weighted by Crippen LogP contribution is -2.05. The van der Waals surface area contributed by atoms with Gasteiger partial charge in [0.05, 0.1) is 10.6 Å². The molecule has 0 spiro atoms. The summed E-state index contributed by atoms with van der Waals surface area (Å²) in [6.07, 6.45) is 5.44. The second kappa shape index (κ2) is 11.0. The van der Waals surface area contributed by atoms with E-state index in [1.807, 2.05) is 24.3 Å². The molecule has 28 heavy (non-hydrogen) atoms. The van der Waals surface area contributed by atoms with Crippen molar-refractivity contribution in [2.24, 2.45) is 5.16 Å². The number of benzene rings is 2. The van der Waals surface area contributed by atoms with Crippen LogP contribution < -0.4 is 0 Å². The number of carbonyl (C=O) groups is 1. The fourth-order valence-corrected chi connectivity index (χ4v) is 2.76. The fourth-order valence-electron chi connectivity index (χ4n) is 2.76. The van der Waals surface area contributed by atoms with E-state index in [1.165, 1.54) is 18.6 Å². The molecule has 0 aromatic heterocycles. The minimum absolute atomic E-state index is 0.0691. The van der Waals surface area contributed by atoms with Crippen LogP contribution in [-0.2, 0) is 9.63 Å². The summed E-state index contributed by atoms with van der Waals surface area (Å²) in [5.41, 5.74) is 3.59. The van der Waals surface area contributed by atoms with E-state index in [9.17, 15) is 14.9 Å². The van der Waals surface area contributed by atoms with E-state index >= 15 is 0 Å². The molecule has 6 nitrogen and oxygen atoms in total. The highest BCUT2D eigenvalue weighted by molar-refractivity contribution is 6.00. The normalized spacial score (nSPS) is 11.3. The van der Waals surface area contributed by atoms with E-state index in [1.54, 1.807) is 19.1 Å². The molecule has 2 rings (SSSR count). The van der Waals surface area contributed by atoms with Crippen molar-refractivity contribution in [3.8, 4) is 11.1 Å². The van der Waals surface area contributed by atoms with E-state index < -0.39 is 4.92 Å². The van der Waals surface area contributed by atoms with Crippen LogP contribution in [0.4, 0.5) is 5.69 Å². The van der Waals surface area contributed by atoms with E-state index in [4.69, 9.17) is 4.84 Å². The third-order valence-corrected chi connectivity index (χ3v) is 4.44. The number of non-ortho nitro benzene ring substituents is 1. The topological polar surface area (TPSA) is 81.8 Å². The van der Waals surface area contributed by atoms with Crippen LogP contribution in [0.2, 0.25) is 0 Å². The Morgan fingerprint density at radius 3 is 2.11 bits per heavy atom. The zero-order chi connectivity index (χ0) is 20.4. The lowest BCUT2D eigenvalue weighted by Gasteiger charge is -2.08. The van der Waals surface area contributed by atoms with Gasteiger partial charge < -0.3 is 4.84 Å². The van der Waals surface area contributed by atoms with Crippen LogP contribution in [0.25, 0.3) is 11.1 Å². The average Bonchev–Trinajstić information content (AvgIpc) is 2.73. The van der Waals surface area contributed by atoms with Gasteiger partial charge in [-0.15, -0.1) is 0 Å². The Hall–Kier alpha value is -3.02. The van der Waals surface area contributed by atoms with Gasteiger partial charge in [-0.05, 0) is 41.7 Å². The highest BCUT2D eigenvalue weighted by Crippen LogP contribution is 2.23. The lowest BCUT2D eigenvalue weighted by atomic mass is 9.99. The molecule has 0 saturated carbocycles. The molecule has 0 bridgehead atoms. The van der Waals surface area contributed by atoms with E-state index in [-0.39, 0.29) is 18.1 Å². The monoisotopic (exact) mass is 382 g/mol. The van der Waals surface area contributed by atoms with E-state index in [0.717, 1.165) is 48.1 Å². The lowest BCUT2D eigenvalue weighted by molar-refractivity contribution is -0.384. The second-order valence-corrected chi connectivity index (χ2v) is 6.55. The van der Waals surface area contributed by atoms with Crippen LogP contribution in [0.3, 0.4) is 0 Å². The number of nitrogens with zero attached hydrogens (tertiary/aromatic N) is 2. The Bertz CT molecular complexity index is 811. The Balaban J connectivity index is 2.16. The van der Waals surface area contributed by atoms with Gasteiger partial charge in [0, 0.05) is 18.6 Å². The predicted molar refractivity (Wildman–Crippen MR) is 110 cm³/mol. The molecule has 0 aliphatic heterocycles.